The molecular formula is C11H13NO4S. The van der Waals surface area contributed by atoms with Crippen LogP contribution in [-0.2, 0) is 0 Å². The van der Waals surface area contributed by atoms with Gasteiger partial charge in [-0.2, -0.15) is 0 Å². The number of nitrogens with zero attached hydrogens (tertiary/aromatic N) is 1. The molecule has 92 valence electrons. The topological polar surface area (TPSA) is 72.6 Å². The first-order valence-corrected chi connectivity index (χ1v) is 6.26. The average Bonchev–Trinajstić information content (AvgIpc) is 2.71. The lowest BCUT2D eigenvalue weighted by Crippen LogP contribution is -2.33. The summed E-state index contributed by atoms with van der Waals surface area (Å²) in [7, 11) is 1.54. The van der Waals surface area contributed by atoms with Crippen LogP contribution in [-0.4, -0.2) is 35.0 Å². The van der Waals surface area contributed by atoms with Gasteiger partial charge in [0.2, 0.25) is 0 Å². The van der Waals surface area contributed by atoms with Crippen LogP contribution in [0.3, 0.4) is 0 Å². The monoisotopic (exact) mass is 255 g/mol. The lowest BCUT2D eigenvalue weighted by atomic mass is 10.0. The number of hydrogen-bond acceptors (Lipinski definition) is 5. The van der Waals surface area contributed by atoms with Crippen LogP contribution in [0.25, 0.3) is 0 Å². The molecule has 17 heavy (non-hydrogen) atoms. The Morgan fingerprint density at radius 1 is 1.53 bits per heavy atom. The summed E-state index contributed by atoms with van der Waals surface area (Å²) in [6.45, 7) is 0. The summed E-state index contributed by atoms with van der Waals surface area (Å²) in [5, 5.41) is 20.3. The molecule has 0 spiro atoms. The molecule has 1 aromatic rings. The first kappa shape index (κ1) is 12.2. The molecule has 2 rings (SSSR count). The van der Waals surface area contributed by atoms with E-state index in [1.54, 1.807) is 6.07 Å². The fourth-order valence-corrected chi connectivity index (χ4v) is 3.48. The van der Waals surface area contributed by atoms with E-state index in [1.165, 1.54) is 18.9 Å². The maximum Gasteiger partial charge on any atom is 0.255 e. The second kappa shape index (κ2) is 4.93. The first-order chi connectivity index (χ1) is 8.15. The van der Waals surface area contributed by atoms with Crippen LogP contribution in [0.4, 0.5) is 0 Å². The molecule has 1 saturated heterocycles. The van der Waals surface area contributed by atoms with Crippen LogP contribution in [0.2, 0.25) is 0 Å². The second-order valence-electron chi connectivity index (χ2n) is 3.84. The van der Waals surface area contributed by atoms with Gasteiger partial charge >= 0.3 is 0 Å². The van der Waals surface area contributed by atoms with Crippen molar-refractivity contribution >= 4 is 11.8 Å². The summed E-state index contributed by atoms with van der Waals surface area (Å²) >= 11 is 1.40. The third kappa shape index (κ3) is 2.23. The van der Waals surface area contributed by atoms with Gasteiger partial charge < -0.3 is 9.84 Å². The van der Waals surface area contributed by atoms with E-state index < -0.39 is 17.1 Å². The van der Waals surface area contributed by atoms with E-state index in [0.29, 0.717) is 11.5 Å². The Kier molecular flexibility index (Phi) is 3.54. The quantitative estimate of drug-likeness (QED) is 0.654. The molecule has 0 bridgehead atoms. The highest BCUT2D eigenvalue weighted by Gasteiger charge is 2.46. The third-order valence-electron chi connectivity index (χ3n) is 2.84. The SMILES string of the molecule is COc1ccccc1[C@H]1SCC(O)[C@@H]1[N+](=O)[O-]. The number of para-hydroxylation sites is 1. The number of rotatable bonds is 3. The number of nitro groups is 1. The molecule has 5 nitrogen and oxygen atoms in total. The van der Waals surface area contributed by atoms with Gasteiger partial charge in [-0.15, -0.1) is 11.8 Å². The highest BCUT2D eigenvalue weighted by molar-refractivity contribution is 7.99. The van der Waals surface area contributed by atoms with Crippen LogP contribution in [0.1, 0.15) is 10.8 Å². The van der Waals surface area contributed by atoms with Crippen molar-refractivity contribution in [3.05, 3.63) is 39.9 Å². The molecule has 0 aliphatic carbocycles. The van der Waals surface area contributed by atoms with Gasteiger partial charge in [-0.05, 0) is 6.07 Å². The molecule has 1 aliphatic rings. The molecule has 0 aromatic heterocycles. The number of ether oxygens (including phenoxy) is 1. The summed E-state index contributed by atoms with van der Waals surface area (Å²) in [6.07, 6.45) is -0.898. The van der Waals surface area contributed by atoms with Crippen molar-refractivity contribution in [3.8, 4) is 5.75 Å². The average molecular weight is 255 g/mol. The molecule has 6 heteroatoms. The van der Waals surface area contributed by atoms with Crippen molar-refractivity contribution in [1.29, 1.82) is 0 Å². The minimum absolute atomic E-state index is 0.351. The van der Waals surface area contributed by atoms with Gasteiger partial charge in [-0.25, -0.2) is 0 Å². The van der Waals surface area contributed by atoms with Crippen molar-refractivity contribution < 1.29 is 14.8 Å². The Morgan fingerprint density at radius 3 is 2.88 bits per heavy atom. The standard InChI is InChI=1S/C11H13NO4S/c1-16-9-5-3-2-4-7(9)11-10(12(14)15)8(13)6-17-11/h2-5,8,10-11,13H,6H2,1H3/t8?,10-,11+/m0/s1. The Labute approximate surface area is 103 Å². The fourth-order valence-electron chi connectivity index (χ4n) is 2.03. The zero-order valence-corrected chi connectivity index (χ0v) is 10.1. The number of hydrogen-bond donors (Lipinski definition) is 1. The molecule has 1 unspecified atom stereocenters. The lowest BCUT2D eigenvalue weighted by molar-refractivity contribution is -0.531. The van der Waals surface area contributed by atoms with Gasteiger partial charge in [0, 0.05) is 16.2 Å². The van der Waals surface area contributed by atoms with Crippen LogP contribution >= 0.6 is 11.8 Å². The van der Waals surface area contributed by atoms with Crippen LogP contribution < -0.4 is 4.74 Å². The number of aliphatic hydroxyl groups is 1. The van der Waals surface area contributed by atoms with Gasteiger partial charge in [0.1, 0.15) is 17.1 Å². The summed E-state index contributed by atoms with van der Waals surface area (Å²) in [5.41, 5.74) is 0.776. The van der Waals surface area contributed by atoms with E-state index in [0.717, 1.165) is 5.56 Å². The Balaban J connectivity index is 2.36. The van der Waals surface area contributed by atoms with Gasteiger partial charge in [0.15, 0.2) is 0 Å². The smallest absolute Gasteiger partial charge is 0.255 e. The molecule has 3 atom stereocenters. The normalized spacial score (nSPS) is 28.0. The molecule has 0 saturated carbocycles. The molecule has 1 heterocycles. The van der Waals surface area contributed by atoms with Crippen molar-refractivity contribution in [3.63, 3.8) is 0 Å². The number of methoxy groups -OCH3 is 1. The maximum atomic E-state index is 11.0. The van der Waals surface area contributed by atoms with Crippen molar-refractivity contribution in [2.24, 2.45) is 0 Å². The zero-order valence-electron chi connectivity index (χ0n) is 9.28. The minimum Gasteiger partial charge on any atom is -0.496 e. The van der Waals surface area contributed by atoms with E-state index in [9.17, 15) is 15.2 Å². The molecule has 0 radical (unpaired) electrons. The zero-order chi connectivity index (χ0) is 12.4. The molecule has 1 N–H and O–H groups in total. The predicted octanol–water partition coefficient (Wildman–Crippen LogP) is 1.49. The molecule has 0 amide bonds. The summed E-state index contributed by atoms with van der Waals surface area (Å²) < 4.78 is 5.20. The van der Waals surface area contributed by atoms with Crippen LogP contribution in [0.15, 0.2) is 24.3 Å². The number of aliphatic hydroxyl groups excluding tert-OH is 1. The summed E-state index contributed by atoms with van der Waals surface area (Å²) in [5.74, 6) is 1.01. The highest BCUT2D eigenvalue weighted by Crippen LogP contribution is 2.44. The second-order valence-corrected chi connectivity index (χ2v) is 5.01. The first-order valence-electron chi connectivity index (χ1n) is 5.21. The highest BCUT2D eigenvalue weighted by atomic mass is 32.2. The summed E-state index contributed by atoms with van der Waals surface area (Å²) in [6, 6.07) is 6.26. The van der Waals surface area contributed by atoms with E-state index in [-0.39, 0.29) is 5.25 Å². The van der Waals surface area contributed by atoms with Gasteiger partial charge in [-0.3, -0.25) is 10.1 Å². The predicted molar refractivity (Wildman–Crippen MR) is 65.0 cm³/mol. The number of benzene rings is 1. The Bertz CT molecular complexity index is 426. The summed E-state index contributed by atoms with van der Waals surface area (Å²) in [4.78, 5) is 10.6. The van der Waals surface area contributed by atoms with E-state index in [1.807, 2.05) is 18.2 Å². The molecule has 1 fully saturated rings. The van der Waals surface area contributed by atoms with Crippen LogP contribution in [0, 0.1) is 10.1 Å². The molecule has 1 aliphatic heterocycles. The Morgan fingerprint density at radius 2 is 2.24 bits per heavy atom. The maximum absolute atomic E-state index is 11.0. The van der Waals surface area contributed by atoms with Crippen molar-refractivity contribution in [1.82, 2.24) is 0 Å². The third-order valence-corrected chi connectivity index (χ3v) is 4.27. The fraction of sp³-hybridized carbons (Fsp3) is 0.455. The van der Waals surface area contributed by atoms with Crippen molar-refractivity contribution in [2.75, 3.05) is 12.9 Å². The van der Waals surface area contributed by atoms with Gasteiger partial charge in [0.25, 0.3) is 6.04 Å². The minimum atomic E-state index is -0.962. The number of thioether (sulfide) groups is 1. The van der Waals surface area contributed by atoms with Gasteiger partial charge in [0.05, 0.1) is 7.11 Å². The van der Waals surface area contributed by atoms with Crippen LogP contribution in [0.5, 0.6) is 5.75 Å². The van der Waals surface area contributed by atoms with E-state index in [4.69, 9.17) is 4.74 Å². The Hall–Kier alpha value is -1.27. The lowest BCUT2D eigenvalue weighted by Gasteiger charge is -2.16. The largest absolute Gasteiger partial charge is 0.496 e. The molecule has 1 aromatic carbocycles. The van der Waals surface area contributed by atoms with E-state index in [2.05, 4.69) is 0 Å². The molecular weight excluding hydrogens is 242 g/mol. The van der Waals surface area contributed by atoms with Crippen molar-refractivity contribution in [2.45, 2.75) is 17.4 Å². The van der Waals surface area contributed by atoms with E-state index >= 15 is 0 Å². The van der Waals surface area contributed by atoms with Gasteiger partial charge in [-0.1, -0.05) is 18.2 Å².